The molecule has 4 heteroatoms. The quantitative estimate of drug-likeness (QED) is 0.839. The first-order valence-electron chi connectivity index (χ1n) is 9.92. The van der Waals surface area contributed by atoms with Crippen LogP contribution in [0, 0.1) is 17.2 Å². The molecule has 0 unspecified atom stereocenters. The van der Waals surface area contributed by atoms with Crippen LogP contribution in [0.1, 0.15) is 31.2 Å². The molecule has 3 nitrogen and oxygen atoms in total. The maximum atomic E-state index is 13.7. The Hall–Kier alpha value is -2.20. The van der Waals surface area contributed by atoms with E-state index in [2.05, 4.69) is 4.90 Å². The van der Waals surface area contributed by atoms with Crippen LogP contribution in [-0.2, 0) is 11.2 Å². The summed E-state index contributed by atoms with van der Waals surface area (Å²) in [6.45, 7) is 3.03. The number of carbonyl (C=O) groups is 1. The minimum absolute atomic E-state index is 0.206. The lowest BCUT2D eigenvalue weighted by molar-refractivity contribution is -0.130. The second-order valence-corrected chi connectivity index (χ2v) is 8.23. The Kier molecular flexibility index (Phi) is 5.00. The molecule has 27 heavy (non-hydrogen) atoms. The molecule has 1 aliphatic heterocycles. The molecule has 0 atom stereocenters. The molecule has 142 valence electrons. The van der Waals surface area contributed by atoms with Gasteiger partial charge < -0.3 is 10.6 Å². The molecule has 1 amide bonds. The van der Waals surface area contributed by atoms with E-state index >= 15 is 0 Å². The fraction of sp³-hybridized carbons (Fsp3) is 0.435. The van der Waals surface area contributed by atoms with Gasteiger partial charge in [0.2, 0.25) is 5.91 Å². The molecule has 0 aromatic heterocycles. The molecule has 2 aliphatic rings. The highest BCUT2D eigenvalue weighted by Gasteiger charge is 2.41. The van der Waals surface area contributed by atoms with Gasteiger partial charge in [0, 0.05) is 6.54 Å². The maximum Gasteiger partial charge on any atom is 0.224 e. The third-order valence-electron chi connectivity index (χ3n) is 6.23. The highest BCUT2D eigenvalue weighted by Crippen LogP contribution is 2.39. The summed E-state index contributed by atoms with van der Waals surface area (Å²) in [5.41, 5.74) is 8.29. The Bertz CT molecular complexity index is 823. The van der Waals surface area contributed by atoms with Gasteiger partial charge in [-0.2, -0.15) is 0 Å². The molecule has 0 radical (unpaired) electrons. The minimum Gasteiger partial charge on any atom is -0.369 e. The van der Waals surface area contributed by atoms with Crippen molar-refractivity contribution < 1.29 is 9.18 Å². The number of halogens is 1. The molecule has 0 bridgehead atoms. The average molecular weight is 366 g/mol. The standard InChI is InChI=1S/C23H27FN2O/c24-20-6-3-5-18(14-20)21-7-2-1-4-19(21)15-23(22(25)27)10-12-26(13-11-23)16-17-8-9-17/h1-7,14,17H,8-13,15-16H2,(H2,25,27). The second-order valence-electron chi connectivity index (χ2n) is 8.23. The normalized spacial score (nSPS) is 19.7. The number of likely N-dealkylation sites (tertiary alicyclic amines) is 1. The van der Waals surface area contributed by atoms with Crippen LogP contribution < -0.4 is 5.73 Å². The van der Waals surface area contributed by atoms with Gasteiger partial charge in [-0.3, -0.25) is 4.79 Å². The maximum absolute atomic E-state index is 13.7. The number of primary amides is 1. The van der Waals surface area contributed by atoms with Crippen LogP contribution in [0.25, 0.3) is 11.1 Å². The fourth-order valence-corrected chi connectivity index (χ4v) is 4.32. The summed E-state index contributed by atoms with van der Waals surface area (Å²) in [5.74, 6) is 0.405. The smallest absolute Gasteiger partial charge is 0.224 e. The van der Waals surface area contributed by atoms with Gasteiger partial charge in [-0.1, -0.05) is 36.4 Å². The first kappa shape index (κ1) is 18.2. The SMILES string of the molecule is NC(=O)C1(Cc2ccccc2-c2cccc(F)c2)CCN(CC2CC2)CC1. The van der Waals surface area contributed by atoms with Crippen LogP contribution in [-0.4, -0.2) is 30.4 Å². The summed E-state index contributed by atoms with van der Waals surface area (Å²) < 4.78 is 13.7. The molecular weight excluding hydrogens is 339 g/mol. The monoisotopic (exact) mass is 366 g/mol. The van der Waals surface area contributed by atoms with Crippen LogP contribution >= 0.6 is 0 Å². The van der Waals surface area contributed by atoms with Crippen molar-refractivity contribution in [3.8, 4) is 11.1 Å². The number of benzene rings is 2. The van der Waals surface area contributed by atoms with Crippen molar-refractivity contribution in [3.05, 3.63) is 59.9 Å². The lowest BCUT2D eigenvalue weighted by atomic mass is 9.72. The summed E-state index contributed by atoms with van der Waals surface area (Å²) in [6, 6.07) is 14.6. The highest BCUT2D eigenvalue weighted by atomic mass is 19.1. The van der Waals surface area contributed by atoms with E-state index in [0.717, 1.165) is 55.1 Å². The second kappa shape index (κ2) is 7.43. The highest BCUT2D eigenvalue weighted by molar-refractivity contribution is 5.82. The van der Waals surface area contributed by atoms with E-state index in [1.54, 1.807) is 12.1 Å². The third kappa shape index (κ3) is 4.06. The van der Waals surface area contributed by atoms with Crippen molar-refractivity contribution in [2.45, 2.75) is 32.1 Å². The van der Waals surface area contributed by atoms with Crippen molar-refractivity contribution in [3.63, 3.8) is 0 Å². The lowest BCUT2D eigenvalue weighted by Gasteiger charge is -2.40. The summed E-state index contributed by atoms with van der Waals surface area (Å²) in [4.78, 5) is 15.0. The molecule has 2 N–H and O–H groups in total. The van der Waals surface area contributed by atoms with Gasteiger partial charge in [0.1, 0.15) is 5.82 Å². The van der Waals surface area contributed by atoms with Crippen LogP contribution in [0.2, 0.25) is 0 Å². The number of hydrogen-bond donors (Lipinski definition) is 1. The first-order chi connectivity index (χ1) is 13.1. The average Bonchev–Trinajstić information content (AvgIpc) is 3.48. The van der Waals surface area contributed by atoms with Gasteiger partial charge >= 0.3 is 0 Å². The van der Waals surface area contributed by atoms with E-state index in [4.69, 9.17) is 5.73 Å². The lowest BCUT2D eigenvalue weighted by Crippen LogP contribution is -2.48. The number of rotatable bonds is 6. The van der Waals surface area contributed by atoms with Gasteiger partial charge in [0.15, 0.2) is 0 Å². The van der Waals surface area contributed by atoms with E-state index in [1.807, 2.05) is 30.3 Å². The van der Waals surface area contributed by atoms with Gasteiger partial charge in [0.25, 0.3) is 0 Å². The summed E-state index contributed by atoms with van der Waals surface area (Å²) in [5, 5.41) is 0. The van der Waals surface area contributed by atoms with E-state index in [1.165, 1.54) is 18.9 Å². The number of nitrogens with zero attached hydrogens (tertiary/aromatic N) is 1. The van der Waals surface area contributed by atoms with Crippen molar-refractivity contribution >= 4 is 5.91 Å². The Morgan fingerprint density at radius 3 is 2.52 bits per heavy atom. The van der Waals surface area contributed by atoms with Crippen LogP contribution in [0.3, 0.4) is 0 Å². The van der Waals surface area contributed by atoms with E-state index in [0.29, 0.717) is 6.42 Å². The number of carbonyl (C=O) groups excluding carboxylic acids is 1. The van der Waals surface area contributed by atoms with Gasteiger partial charge in [-0.15, -0.1) is 0 Å². The van der Waals surface area contributed by atoms with Crippen LogP contribution in [0.4, 0.5) is 4.39 Å². The molecular formula is C23H27FN2O. The molecule has 4 rings (SSSR count). The van der Waals surface area contributed by atoms with Gasteiger partial charge in [-0.05, 0) is 79.9 Å². The molecule has 2 aromatic rings. The Balaban J connectivity index is 1.57. The molecule has 1 saturated heterocycles. The topological polar surface area (TPSA) is 46.3 Å². The first-order valence-corrected chi connectivity index (χ1v) is 9.92. The molecule has 1 heterocycles. The number of nitrogens with two attached hydrogens (primary N) is 1. The number of amides is 1. The molecule has 1 saturated carbocycles. The van der Waals surface area contributed by atoms with E-state index in [9.17, 15) is 9.18 Å². The van der Waals surface area contributed by atoms with Crippen molar-refractivity contribution in [2.24, 2.45) is 17.1 Å². The van der Waals surface area contributed by atoms with E-state index < -0.39 is 5.41 Å². The Morgan fingerprint density at radius 1 is 1.11 bits per heavy atom. The summed E-state index contributed by atoms with van der Waals surface area (Å²) >= 11 is 0. The summed E-state index contributed by atoms with van der Waals surface area (Å²) in [7, 11) is 0. The fourth-order valence-electron chi connectivity index (χ4n) is 4.32. The van der Waals surface area contributed by atoms with Crippen LogP contribution in [0.5, 0.6) is 0 Å². The van der Waals surface area contributed by atoms with E-state index in [-0.39, 0.29) is 11.7 Å². The van der Waals surface area contributed by atoms with Crippen LogP contribution in [0.15, 0.2) is 48.5 Å². The zero-order valence-electron chi connectivity index (χ0n) is 15.7. The van der Waals surface area contributed by atoms with Crippen molar-refractivity contribution in [1.29, 1.82) is 0 Å². The number of hydrogen-bond acceptors (Lipinski definition) is 2. The summed E-state index contributed by atoms with van der Waals surface area (Å²) in [6.07, 6.45) is 4.91. The molecule has 2 aromatic carbocycles. The minimum atomic E-state index is -0.510. The van der Waals surface area contributed by atoms with Gasteiger partial charge in [-0.25, -0.2) is 4.39 Å². The molecule has 0 spiro atoms. The van der Waals surface area contributed by atoms with Crippen molar-refractivity contribution in [1.82, 2.24) is 4.90 Å². The Morgan fingerprint density at radius 2 is 1.85 bits per heavy atom. The van der Waals surface area contributed by atoms with Gasteiger partial charge in [0.05, 0.1) is 5.41 Å². The molecule has 2 fully saturated rings. The zero-order valence-corrected chi connectivity index (χ0v) is 15.7. The third-order valence-corrected chi connectivity index (χ3v) is 6.23. The molecule has 1 aliphatic carbocycles. The largest absolute Gasteiger partial charge is 0.369 e. The zero-order chi connectivity index (χ0) is 18.9. The Labute approximate surface area is 160 Å². The predicted octanol–water partition coefficient (Wildman–Crippen LogP) is 4.01. The number of piperidine rings is 1. The van der Waals surface area contributed by atoms with Crippen molar-refractivity contribution in [2.75, 3.05) is 19.6 Å². The predicted molar refractivity (Wildman–Crippen MR) is 106 cm³/mol.